The van der Waals surface area contributed by atoms with Crippen LogP contribution in [-0.2, 0) is 4.74 Å². The zero-order valence-electron chi connectivity index (χ0n) is 10.0. The summed E-state index contributed by atoms with van der Waals surface area (Å²) in [6.07, 6.45) is 3.01. The van der Waals surface area contributed by atoms with Gasteiger partial charge >= 0.3 is 0 Å². The van der Waals surface area contributed by atoms with Crippen LogP contribution in [0.15, 0.2) is 16.5 Å². The highest BCUT2D eigenvalue weighted by molar-refractivity contribution is 6.29. The molecule has 0 unspecified atom stereocenters. The van der Waals surface area contributed by atoms with E-state index in [4.69, 9.17) is 20.8 Å². The second-order valence-electron chi connectivity index (χ2n) is 3.68. The molecule has 0 aliphatic rings. The van der Waals surface area contributed by atoms with Crippen molar-refractivity contribution in [1.82, 2.24) is 5.32 Å². The number of halogens is 1. The Morgan fingerprint density at radius 2 is 2.18 bits per heavy atom. The number of carbonyl (C=O) groups excluding carboxylic acids is 1. The number of ether oxygens (including phenoxy) is 1. The molecule has 0 saturated carbocycles. The molecule has 0 radical (unpaired) electrons. The summed E-state index contributed by atoms with van der Waals surface area (Å²) in [4.78, 5) is 11.5. The van der Waals surface area contributed by atoms with Crippen LogP contribution in [0.4, 0.5) is 0 Å². The third kappa shape index (κ3) is 5.75. The quantitative estimate of drug-likeness (QED) is 0.731. The molecule has 1 aromatic heterocycles. The number of furan rings is 1. The van der Waals surface area contributed by atoms with Crippen LogP contribution in [0, 0.1) is 0 Å². The van der Waals surface area contributed by atoms with Crippen LogP contribution >= 0.6 is 11.6 Å². The lowest BCUT2D eigenvalue weighted by molar-refractivity contribution is 0.0913. The van der Waals surface area contributed by atoms with Gasteiger partial charge in [0, 0.05) is 19.8 Å². The van der Waals surface area contributed by atoms with Crippen LogP contribution in [-0.4, -0.2) is 25.7 Å². The molecule has 0 aliphatic heterocycles. The van der Waals surface area contributed by atoms with Crippen LogP contribution in [0.5, 0.6) is 0 Å². The Kier molecular flexibility index (Phi) is 6.74. The van der Waals surface area contributed by atoms with Gasteiger partial charge in [-0.1, -0.05) is 13.3 Å². The van der Waals surface area contributed by atoms with Crippen molar-refractivity contribution in [3.63, 3.8) is 0 Å². The van der Waals surface area contributed by atoms with Crippen LogP contribution in [0.25, 0.3) is 0 Å². The predicted molar refractivity (Wildman–Crippen MR) is 66.4 cm³/mol. The van der Waals surface area contributed by atoms with Gasteiger partial charge in [-0.15, -0.1) is 0 Å². The molecular formula is C12H18ClNO3. The predicted octanol–water partition coefficient (Wildman–Crippen LogP) is 2.87. The highest BCUT2D eigenvalue weighted by Gasteiger charge is 2.08. The molecule has 17 heavy (non-hydrogen) atoms. The summed E-state index contributed by atoms with van der Waals surface area (Å²) >= 11 is 5.57. The maximum absolute atomic E-state index is 11.5. The highest BCUT2D eigenvalue weighted by Crippen LogP contribution is 2.12. The van der Waals surface area contributed by atoms with E-state index in [2.05, 4.69) is 12.2 Å². The number of rotatable bonds is 8. The summed E-state index contributed by atoms with van der Waals surface area (Å²) in [5.41, 5.74) is 0. The molecule has 1 rings (SSSR count). The number of hydrogen-bond acceptors (Lipinski definition) is 3. The first kappa shape index (κ1) is 14.1. The zero-order chi connectivity index (χ0) is 12.5. The lowest BCUT2D eigenvalue weighted by Crippen LogP contribution is -2.24. The lowest BCUT2D eigenvalue weighted by atomic mass is 10.3. The molecule has 1 amide bonds. The van der Waals surface area contributed by atoms with Gasteiger partial charge in [0.25, 0.3) is 5.91 Å². The fourth-order valence-electron chi connectivity index (χ4n) is 1.25. The molecule has 1 heterocycles. The average Bonchev–Trinajstić information content (AvgIpc) is 2.74. The van der Waals surface area contributed by atoms with Gasteiger partial charge in [-0.3, -0.25) is 4.79 Å². The van der Waals surface area contributed by atoms with E-state index < -0.39 is 0 Å². The molecule has 0 aromatic carbocycles. The summed E-state index contributed by atoms with van der Waals surface area (Å²) in [6.45, 7) is 4.15. The largest absolute Gasteiger partial charge is 0.440 e. The van der Waals surface area contributed by atoms with E-state index in [0.717, 1.165) is 25.9 Å². The van der Waals surface area contributed by atoms with Crippen molar-refractivity contribution in [2.24, 2.45) is 0 Å². The average molecular weight is 260 g/mol. The third-order valence-corrected chi connectivity index (χ3v) is 2.39. The van der Waals surface area contributed by atoms with E-state index in [-0.39, 0.29) is 16.9 Å². The van der Waals surface area contributed by atoms with Crippen molar-refractivity contribution in [3.05, 3.63) is 23.1 Å². The van der Waals surface area contributed by atoms with Crippen molar-refractivity contribution in [2.45, 2.75) is 26.2 Å². The van der Waals surface area contributed by atoms with Gasteiger partial charge in [-0.05, 0) is 36.6 Å². The smallest absolute Gasteiger partial charge is 0.287 e. The van der Waals surface area contributed by atoms with Gasteiger partial charge in [0.15, 0.2) is 11.0 Å². The Morgan fingerprint density at radius 3 is 2.82 bits per heavy atom. The van der Waals surface area contributed by atoms with Crippen LogP contribution in [0.1, 0.15) is 36.7 Å². The van der Waals surface area contributed by atoms with Gasteiger partial charge in [-0.2, -0.15) is 0 Å². The van der Waals surface area contributed by atoms with Gasteiger partial charge < -0.3 is 14.5 Å². The van der Waals surface area contributed by atoms with Gasteiger partial charge in [0.05, 0.1) is 0 Å². The van der Waals surface area contributed by atoms with Crippen LogP contribution in [0.2, 0.25) is 5.22 Å². The van der Waals surface area contributed by atoms with E-state index in [0.29, 0.717) is 13.2 Å². The summed E-state index contributed by atoms with van der Waals surface area (Å²) < 4.78 is 10.3. The standard InChI is InChI=1S/C12H18ClNO3/c1-2-3-8-16-9-4-7-14-12(15)10-5-6-11(13)17-10/h5-6H,2-4,7-9H2,1H3,(H,14,15). The molecular weight excluding hydrogens is 242 g/mol. The first-order valence-corrected chi connectivity index (χ1v) is 6.23. The minimum absolute atomic E-state index is 0.220. The van der Waals surface area contributed by atoms with Crippen molar-refractivity contribution in [3.8, 4) is 0 Å². The lowest BCUT2D eigenvalue weighted by Gasteiger charge is -2.04. The first-order valence-electron chi connectivity index (χ1n) is 5.85. The Labute approximate surface area is 106 Å². The van der Waals surface area contributed by atoms with E-state index in [9.17, 15) is 4.79 Å². The SMILES string of the molecule is CCCCOCCCNC(=O)c1ccc(Cl)o1. The van der Waals surface area contributed by atoms with Gasteiger partial charge in [0.2, 0.25) is 0 Å². The molecule has 0 atom stereocenters. The molecule has 1 N–H and O–H groups in total. The summed E-state index contributed by atoms with van der Waals surface area (Å²) in [5, 5.41) is 2.95. The molecule has 5 heteroatoms. The molecule has 4 nitrogen and oxygen atoms in total. The molecule has 1 aromatic rings. The number of hydrogen-bond donors (Lipinski definition) is 1. The zero-order valence-corrected chi connectivity index (χ0v) is 10.8. The monoisotopic (exact) mass is 259 g/mol. The van der Waals surface area contributed by atoms with Crippen LogP contribution < -0.4 is 5.32 Å². The second kappa shape index (κ2) is 8.14. The van der Waals surface area contributed by atoms with E-state index in [1.165, 1.54) is 0 Å². The molecule has 96 valence electrons. The normalized spacial score (nSPS) is 10.5. The number of amides is 1. The van der Waals surface area contributed by atoms with E-state index >= 15 is 0 Å². The Balaban J connectivity index is 2.05. The molecule has 0 aliphatic carbocycles. The van der Waals surface area contributed by atoms with Crippen molar-refractivity contribution < 1.29 is 13.9 Å². The Bertz CT molecular complexity index is 338. The fourth-order valence-corrected chi connectivity index (χ4v) is 1.39. The van der Waals surface area contributed by atoms with Gasteiger partial charge in [0.1, 0.15) is 0 Å². The minimum atomic E-state index is -0.245. The Hall–Kier alpha value is -1.00. The molecule has 0 saturated heterocycles. The molecule has 0 bridgehead atoms. The van der Waals surface area contributed by atoms with E-state index in [1.807, 2.05) is 0 Å². The minimum Gasteiger partial charge on any atom is -0.440 e. The number of carbonyl (C=O) groups is 1. The first-order chi connectivity index (χ1) is 8.24. The topological polar surface area (TPSA) is 51.5 Å². The maximum atomic E-state index is 11.5. The van der Waals surface area contributed by atoms with Gasteiger partial charge in [-0.25, -0.2) is 0 Å². The highest BCUT2D eigenvalue weighted by atomic mass is 35.5. The second-order valence-corrected chi connectivity index (χ2v) is 4.05. The summed E-state index contributed by atoms with van der Waals surface area (Å²) in [7, 11) is 0. The van der Waals surface area contributed by atoms with Crippen molar-refractivity contribution in [2.75, 3.05) is 19.8 Å². The van der Waals surface area contributed by atoms with Crippen LogP contribution in [0.3, 0.4) is 0 Å². The van der Waals surface area contributed by atoms with Crippen molar-refractivity contribution >= 4 is 17.5 Å². The Morgan fingerprint density at radius 1 is 1.41 bits per heavy atom. The molecule has 0 fully saturated rings. The summed E-state index contributed by atoms with van der Waals surface area (Å²) in [5.74, 6) is -0.00707. The number of nitrogens with one attached hydrogen (secondary N) is 1. The molecule has 0 spiro atoms. The third-order valence-electron chi connectivity index (χ3n) is 2.19. The fraction of sp³-hybridized carbons (Fsp3) is 0.583. The number of unbranched alkanes of at least 4 members (excludes halogenated alkanes) is 1. The summed E-state index contributed by atoms with van der Waals surface area (Å²) in [6, 6.07) is 3.10. The maximum Gasteiger partial charge on any atom is 0.287 e. The van der Waals surface area contributed by atoms with Crippen molar-refractivity contribution in [1.29, 1.82) is 0 Å². The van der Waals surface area contributed by atoms with E-state index in [1.54, 1.807) is 12.1 Å².